The molecule has 17 heavy (non-hydrogen) atoms. The second-order valence-electron chi connectivity index (χ2n) is 5.42. The van der Waals surface area contributed by atoms with Crippen molar-refractivity contribution in [1.29, 1.82) is 0 Å². The van der Waals surface area contributed by atoms with Crippen LogP contribution in [-0.4, -0.2) is 36.8 Å². The van der Waals surface area contributed by atoms with Crippen molar-refractivity contribution in [3.05, 3.63) is 0 Å². The van der Waals surface area contributed by atoms with Crippen molar-refractivity contribution in [2.45, 2.75) is 44.6 Å². The number of nitrogens with one attached hydrogen (secondary N) is 2. The minimum Gasteiger partial charge on any atom is -0.391 e. The summed E-state index contributed by atoms with van der Waals surface area (Å²) in [5, 5.41) is 15.8. The van der Waals surface area contributed by atoms with E-state index < -0.39 is 0 Å². The third-order valence-electron chi connectivity index (χ3n) is 4.07. The second kappa shape index (κ2) is 6.36. The van der Waals surface area contributed by atoms with Gasteiger partial charge in [0, 0.05) is 31.5 Å². The molecule has 4 heteroatoms. The summed E-state index contributed by atoms with van der Waals surface area (Å²) < 4.78 is 0. The zero-order chi connectivity index (χ0) is 12.1. The summed E-state index contributed by atoms with van der Waals surface area (Å²) in [5.74, 6) is 0.597. The van der Waals surface area contributed by atoms with E-state index in [1.165, 1.54) is 25.7 Å². The largest absolute Gasteiger partial charge is 0.391 e. The van der Waals surface area contributed by atoms with E-state index >= 15 is 0 Å². The van der Waals surface area contributed by atoms with Gasteiger partial charge in [0.2, 0.25) is 5.91 Å². The average molecular weight is 240 g/mol. The van der Waals surface area contributed by atoms with Crippen LogP contribution in [0.2, 0.25) is 0 Å². The lowest BCUT2D eigenvalue weighted by molar-refractivity contribution is -0.125. The third-order valence-corrected chi connectivity index (χ3v) is 4.07. The summed E-state index contributed by atoms with van der Waals surface area (Å²) in [6.45, 7) is 2.08. The van der Waals surface area contributed by atoms with Crippen molar-refractivity contribution >= 4 is 5.91 Å². The number of β-amino-alcohol motifs (C(OH)–C–C–N with tert-alkyl or cyclic N) is 1. The van der Waals surface area contributed by atoms with Crippen LogP contribution >= 0.6 is 0 Å². The Hall–Kier alpha value is -0.610. The number of hydrogen-bond donors (Lipinski definition) is 3. The van der Waals surface area contributed by atoms with E-state index in [1.807, 2.05) is 0 Å². The molecule has 3 N–H and O–H groups in total. The van der Waals surface area contributed by atoms with Crippen molar-refractivity contribution in [3.63, 3.8) is 0 Å². The van der Waals surface area contributed by atoms with Crippen LogP contribution in [0.1, 0.15) is 38.5 Å². The maximum Gasteiger partial charge on any atom is 0.223 e. The number of rotatable bonds is 3. The Bertz CT molecular complexity index is 250. The Kier molecular flexibility index (Phi) is 4.80. The first kappa shape index (κ1) is 12.8. The summed E-state index contributed by atoms with van der Waals surface area (Å²) in [6.07, 6.45) is 6.69. The van der Waals surface area contributed by atoms with Gasteiger partial charge in [-0.25, -0.2) is 0 Å². The Morgan fingerprint density at radius 1 is 1.18 bits per heavy atom. The molecular weight excluding hydrogens is 216 g/mol. The molecular formula is C13H24N2O2. The first-order chi connectivity index (χ1) is 8.27. The normalized spacial score (nSPS) is 31.1. The zero-order valence-corrected chi connectivity index (χ0v) is 10.5. The smallest absolute Gasteiger partial charge is 0.223 e. The molecule has 2 atom stereocenters. The van der Waals surface area contributed by atoms with E-state index in [1.54, 1.807) is 0 Å². The van der Waals surface area contributed by atoms with Crippen molar-refractivity contribution < 1.29 is 9.90 Å². The van der Waals surface area contributed by atoms with E-state index in [-0.39, 0.29) is 23.8 Å². The molecule has 0 spiro atoms. The van der Waals surface area contributed by atoms with E-state index in [2.05, 4.69) is 10.6 Å². The molecule has 2 rings (SSSR count). The molecule has 2 aliphatic rings. The highest BCUT2D eigenvalue weighted by molar-refractivity contribution is 5.78. The van der Waals surface area contributed by atoms with Crippen LogP contribution < -0.4 is 10.6 Å². The van der Waals surface area contributed by atoms with Gasteiger partial charge in [0.05, 0.1) is 6.10 Å². The summed E-state index contributed by atoms with van der Waals surface area (Å²) in [6, 6.07) is 0. The standard InChI is InChI=1S/C13H24N2O2/c16-12-9-14-7-11(12)8-15-13(17)10-5-3-1-2-4-6-10/h10-12,14,16H,1-9H2,(H,15,17). The highest BCUT2D eigenvalue weighted by atomic mass is 16.3. The lowest BCUT2D eigenvalue weighted by Crippen LogP contribution is -2.37. The SMILES string of the molecule is O=C(NCC1CNCC1O)C1CCCCCC1. The van der Waals surface area contributed by atoms with Crippen molar-refractivity contribution in [1.82, 2.24) is 10.6 Å². The maximum atomic E-state index is 12.0. The molecule has 1 aliphatic heterocycles. The van der Waals surface area contributed by atoms with Gasteiger partial charge in [-0.3, -0.25) is 4.79 Å². The quantitative estimate of drug-likeness (QED) is 0.635. The van der Waals surface area contributed by atoms with Gasteiger partial charge in [-0.2, -0.15) is 0 Å². The van der Waals surface area contributed by atoms with Crippen LogP contribution in [0.25, 0.3) is 0 Å². The lowest BCUT2D eigenvalue weighted by Gasteiger charge is -2.18. The molecule has 0 aromatic rings. The van der Waals surface area contributed by atoms with Gasteiger partial charge in [-0.15, -0.1) is 0 Å². The molecule has 1 amide bonds. The number of carbonyl (C=O) groups excluding carboxylic acids is 1. The topological polar surface area (TPSA) is 61.4 Å². The number of aliphatic hydroxyl groups excluding tert-OH is 1. The molecule has 1 heterocycles. The molecule has 1 saturated heterocycles. The van der Waals surface area contributed by atoms with Crippen LogP contribution in [0.4, 0.5) is 0 Å². The molecule has 0 aromatic heterocycles. The summed E-state index contributed by atoms with van der Waals surface area (Å²) in [4.78, 5) is 12.0. The van der Waals surface area contributed by atoms with Crippen molar-refractivity contribution in [3.8, 4) is 0 Å². The molecule has 0 bridgehead atoms. The molecule has 1 aliphatic carbocycles. The van der Waals surface area contributed by atoms with E-state index in [0.29, 0.717) is 13.1 Å². The van der Waals surface area contributed by atoms with Gasteiger partial charge in [0.1, 0.15) is 0 Å². The average Bonchev–Trinajstić information content (AvgIpc) is 2.58. The Balaban J connectivity index is 1.72. The van der Waals surface area contributed by atoms with Crippen LogP contribution in [0, 0.1) is 11.8 Å². The Labute approximate surface area is 103 Å². The number of aliphatic hydroxyl groups is 1. The second-order valence-corrected chi connectivity index (χ2v) is 5.42. The molecule has 2 fully saturated rings. The van der Waals surface area contributed by atoms with E-state index in [4.69, 9.17) is 0 Å². The molecule has 1 saturated carbocycles. The van der Waals surface area contributed by atoms with E-state index in [9.17, 15) is 9.90 Å². The van der Waals surface area contributed by atoms with Crippen molar-refractivity contribution in [2.75, 3.05) is 19.6 Å². The van der Waals surface area contributed by atoms with Gasteiger partial charge < -0.3 is 15.7 Å². The zero-order valence-electron chi connectivity index (χ0n) is 10.5. The lowest BCUT2D eigenvalue weighted by atomic mass is 9.99. The highest BCUT2D eigenvalue weighted by Gasteiger charge is 2.26. The third kappa shape index (κ3) is 3.68. The Morgan fingerprint density at radius 3 is 2.47 bits per heavy atom. The summed E-state index contributed by atoms with van der Waals surface area (Å²) >= 11 is 0. The first-order valence-electron chi connectivity index (χ1n) is 6.94. The van der Waals surface area contributed by atoms with Gasteiger partial charge in [-0.05, 0) is 12.8 Å². The fourth-order valence-electron chi connectivity index (χ4n) is 2.85. The Morgan fingerprint density at radius 2 is 1.88 bits per heavy atom. The van der Waals surface area contributed by atoms with Gasteiger partial charge in [-0.1, -0.05) is 25.7 Å². The highest BCUT2D eigenvalue weighted by Crippen LogP contribution is 2.23. The summed E-state index contributed by atoms with van der Waals surface area (Å²) in [5.41, 5.74) is 0. The predicted molar refractivity (Wildman–Crippen MR) is 66.6 cm³/mol. The van der Waals surface area contributed by atoms with Crippen LogP contribution in [0.3, 0.4) is 0 Å². The minimum absolute atomic E-state index is 0.185. The molecule has 4 nitrogen and oxygen atoms in total. The van der Waals surface area contributed by atoms with Crippen LogP contribution in [-0.2, 0) is 4.79 Å². The molecule has 2 unspecified atom stereocenters. The molecule has 98 valence electrons. The predicted octanol–water partition coefficient (Wildman–Crippen LogP) is 0.653. The van der Waals surface area contributed by atoms with Gasteiger partial charge in [0.25, 0.3) is 0 Å². The van der Waals surface area contributed by atoms with Crippen LogP contribution in [0.5, 0.6) is 0 Å². The summed E-state index contributed by atoms with van der Waals surface area (Å²) in [7, 11) is 0. The molecule has 0 aromatic carbocycles. The van der Waals surface area contributed by atoms with Gasteiger partial charge >= 0.3 is 0 Å². The number of hydrogen-bond acceptors (Lipinski definition) is 3. The van der Waals surface area contributed by atoms with Gasteiger partial charge in [0.15, 0.2) is 0 Å². The monoisotopic (exact) mass is 240 g/mol. The van der Waals surface area contributed by atoms with E-state index in [0.717, 1.165) is 19.4 Å². The number of carbonyl (C=O) groups is 1. The maximum absolute atomic E-state index is 12.0. The fourth-order valence-corrected chi connectivity index (χ4v) is 2.85. The van der Waals surface area contributed by atoms with Crippen molar-refractivity contribution in [2.24, 2.45) is 11.8 Å². The molecule has 0 radical (unpaired) electrons. The number of amides is 1. The van der Waals surface area contributed by atoms with Crippen LogP contribution in [0.15, 0.2) is 0 Å². The first-order valence-corrected chi connectivity index (χ1v) is 6.94. The minimum atomic E-state index is -0.301. The fraction of sp³-hybridized carbons (Fsp3) is 0.923.